The Morgan fingerprint density at radius 3 is 2.85 bits per heavy atom. The van der Waals surface area contributed by atoms with Gasteiger partial charge in [-0.15, -0.1) is 0 Å². The molecule has 0 spiro atoms. The van der Waals surface area contributed by atoms with Crippen molar-refractivity contribution in [2.24, 2.45) is 0 Å². The zero-order chi connectivity index (χ0) is 9.73. The zero-order valence-electron chi connectivity index (χ0n) is 7.82. The van der Waals surface area contributed by atoms with Gasteiger partial charge in [-0.2, -0.15) is 0 Å². The number of hydrogen-bond acceptors (Lipinski definition) is 3. The van der Waals surface area contributed by atoms with Crippen molar-refractivity contribution in [2.75, 3.05) is 6.61 Å². The minimum Gasteiger partial charge on any atom is -0.396 e. The summed E-state index contributed by atoms with van der Waals surface area (Å²) in [6, 6.07) is 0. The van der Waals surface area contributed by atoms with Gasteiger partial charge < -0.3 is 15.3 Å². The topological polar surface area (TPSA) is 60.7 Å². The van der Waals surface area contributed by atoms with Crippen molar-refractivity contribution >= 4 is 0 Å². The first kappa shape index (κ1) is 10.7. The van der Waals surface area contributed by atoms with E-state index in [-0.39, 0.29) is 13.0 Å². The predicted molar refractivity (Wildman–Crippen MR) is 50.3 cm³/mol. The van der Waals surface area contributed by atoms with E-state index in [2.05, 4.69) is 0 Å². The third kappa shape index (κ3) is 2.79. The maximum absolute atomic E-state index is 9.98. The third-order valence-electron chi connectivity index (χ3n) is 2.64. The number of hydrogen-bond donors (Lipinski definition) is 3. The molecule has 13 heavy (non-hydrogen) atoms. The van der Waals surface area contributed by atoms with Crippen molar-refractivity contribution in [1.29, 1.82) is 0 Å². The van der Waals surface area contributed by atoms with Crippen LogP contribution in [0.2, 0.25) is 0 Å². The van der Waals surface area contributed by atoms with Crippen LogP contribution in [0.15, 0.2) is 12.2 Å². The fraction of sp³-hybridized carbons (Fsp3) is 0.800. The molecular formula is C10H18O3. The van der Waals surface area contributed by atoms with Crippen molar-refractivity contribution in [3.8, 4) is 0 Å². The first-order valence-corrected chi connectivity index (χ1v) is 4.87. The van der Waals surface area contributed by atoms with Gasteiger partial charge in [0, 0.05) is 13.0 Å². The average molecular weight is 186 g/mol. The maximum atomic E-state index is 9.98. The summed E-state index contributed by atoms with van der Waals surface area (Å²) in [5, 5.41) is 28.4. The fourth-order valence-corrected chi connectivity index (χ4v) is 1.71. The van der Waals surface area contributed by atoms with Gasteiger partial charge in [0.2, 0.25) is 0 Å². The molecule has 2 unspecified atom stereocenters. The molecule has 0 fully saturated rings. The fourth-order valence-electron chi connectivity index (χ4n) is 1.71. The Morgan fingerprint density at radius 2 is 2.15 bits per heavy atom. The lowest BCUT2D eigenvalue weighted by Crippen LogP contribution is -2.42. The summed E-state index contributed by atoms with van der Waals surface area (Å²) in [4.78, 5) is 0. The van der Waals surface area contributed by atoms with Crippen LogP contribution in [0.1, 0.15) is 32.1 Å². The smallest absolute Gasteiger partial charge is 0.101 e. The summed E-state index contributed by atoms with van der Waals surface area (Å²) in [5.41, 5.74) is -1.12. The molecule has 0 aromatic carbocycles. The molecular weight excluding hydrogens is 168 g/mol. The van der Waals surface area contributed by atoms with Gasteiger partial charge in [-0.1, -0.05) is 18.6 Å². The average Bonchev–Trinajstić information content (AvgIpc) is 2.09. The molecule has 0 amide bonds. The van der Waals surface area contributed by atoms with Gasteiger partial charge in [0.05, 0.1) is 5.60 Å². The van der Waals surface area contributed by atoms with Crippen LogP contribution in [0.4, 0.5) is 0 Å². The van der Waals surface area contributed by atoms with E-state index in [4.69, 9.17) is 5.11 Å². The lowest BCUT2D eigenvalue weighted by molar-refractivity contribution is -0.0741. The summed E-state index contributed by atoms with van der Waals surface area (Å²) in [7, 11) is 0. The molecule has 0 radical (unpaired) electrons. The Balaban J connectivity index is 2.66. The second-order valence-corrected chi connectivity index (χ2v) is 3.70. The third-order valence-corrected chi connectivity index (χ3v) is 2.64. The van der Waals surface area contributed by atoms with Crippen molar-refractivity contribution < 1.29 is 15.3 Å². The molecule has 0 saturated heterocycles. The van der Waals surface area contributed by atoms with E-state index in [1.54, 1.807) is 6.08 Å². The molecule has 0 heterocycles. The second kappa shape index (κ2) is 4.74. The monoisotopic (exact) mass is 186 g/mol. The molecule has 2 atom stereocenters. The molecule has 1 aliphatic carbocycles. The normalized spacial score (nSPS) is 37.9. The highest BCUT2D eigenvalue weighted by Gasteiger charge is 2.33. The van der Waals surface area contributed by atoms with Crippen LogP contribution in [-0.2, 0) is 0 Å². The predicted octanol–water partition coefficient (Wildman–Crippen LogP) is 0.591. The van der Waals surface area contributed by atoms with E-state index < -0.39 is 11.7 Å². The van der Waals surface area contributed by atoms with Crippen molar-refractivity contribution in [3.63, 3.8) is 0 Å². The highest BCUT2D eigenvalue weighted by Crippen LogP contribution is 2.26. The van der Waals surface area contributed by atoms with E-state index in [9.17, 15) is 10.2 Å². The molecule has 1 rings (SSSR count). The molecule has 0 aliphatic heterocycles. The van der Waals surface area contributed by atoms with E-state index in [0.717, 1.165) is 19.3 Å². The van der Waals surface area contributed by atoms with Crippen molar-refractivity contribution in [1.82, 2.24) is 0 Å². The van der Waals surface area contributed by atoms with Crippen LogP contribution in [-0.4, -0.2) is 33.6 Å². The van der Waals surface area contributed by atoms with E-state index in [1.807, 2.05) is 6.08 Å². The Hall–Kier alpha value is -0.380. The number of rotatable bonds is 2. The molecule has 0 bridgehead atoms. The molecule has 0 aromatic heterocycles. The van der Waals surface area contributed by atoms with Crippen LogP contribution >= 0.6 is 0 Å². The Kier molecular flexibility index (Phi) is 3.90. The Labute approximate surface area is 78.7 Å². The van der Waals surface area contributed by atoms with E-state index in [1.165, 1.54) is 0 Å². The Morgan fingerprint density at radius 1 is 1.38 bits per heavy atom. The van der Waals surface area contributed by atoms with Gasteiger partial charge in [-0.3, -0.25) is 0 Å². The summed E-state index contributed by atoms with van der Waals surface area (Å²) in [6.45, 7) is -0.0819. The van der Waals surface area contributed by atoms with Gasteiger partial charge in [-0.05, 0) is 19.3 Å². The van der Waals surface area contributed by atoms with Crippen LogP contribution < -0.4 is 0 Å². The van der Waals surface area contributed by atoms with E-state index in [0.29, 0.717) is 6.42 Å². The molecule has 3 heteroatoms. The van der Waals surface area contributed by atoms with Crippen molar-refractivity contribution in [2.45, 2.75) is 43.8 Å². The lowest BCUT2D eigenvalue weighted by atomic mass is 9.85. The SMILES string of the molecule is OCCC1(O)CCCC/C=C/C1O. The van der Waals surface area contributed by atoms with Gasteiger partial charge in [-0.25, -0.2) is 0 Å². The van der Waals surface area contributed by atoms with Crippen molar-refractivity contribution in [3.05, 3.63) is 12.2 Å². The van der Waals surface area contributed by atoms with Crippen LogP contribution in [0.25, 0.3) is 0 Å². The number of aliphatic hydroxyl groups excluding tert-OH is 2. The zero-order valence-corrected chi connectivity index (χ0v) is 7.82. The number of aliphatic hydroxyl groups is 3. The highest BCUT2D eigenvalue weighted by molar-refractivity contribution is 5.01. The van der Waals surface area contributed by atoms with Gasteiger partial charge >= 0.3 is 0 Å². The summed E-state index contributed by atoms with van der Waals surface area (Å²) >= 11 is 0. The minimum absolute atomic E-state index is 0.0819. The molecule has 76 valence electrons. The van der Waals surface area contributed by atoms with Crippen LogP contribution in [0.3, 0.4) is 0 Å². The number of allylic oxidation sites excluding steroid dienone is 1. The standard InChI is InChI=1S/C10H18O3/c11-8-7-10(13)6-4-2-1-3-5-9(10)12/h3,5,9,11-13H,1-2,4,6-8H2/b5-3+. The Bertz CT molecular complexity index is 179. The highest BCUT2D eigenvalue weighted by atomic mass is 16.3. The van der Waals surface area contributed by atoms with Gasteiger partial charge in [0.1, 0.15) is 6.10 Å². The van der Waals surface area contributed by atoms with Gasteiger partial charge in [0.15, 0.2) is 0 Å². The molecule has 3 N–H and O–H groups in total. The molecule has 0 saturated carbocycles. The summed E-state index contributed by atoms with van der Waals surface area (Å²) in [6.07, 6.45) is 6.42. The molecule has 0 aromatic rings. The largest absolute Gasteiger partial charge is 0.396 e. The minimum atomic E-state index is -1.12. The van der Waals surface area contributed by atoms with E-state index >= 15 is 0 Å². The summed E-state index contributed by atoms with van der Waals surface area (Å²) in [5.74, 6) is 0. The first-order valence-electron chi connectivity index (χ1n) is 4.87. The van der Waals surface area contributed by atoms with Crippen LogP contribution in [0, 0.1) is 0 Å². The first-order chi connectivity index (χ1) is 6.19. The quantitative estimate of drug-likeness (QED) is 0.553. The molecule has 3 nitrogen and oxygen atoms in total. The lowest BCUT2D eigenvalue weighted by Gasteiger charge is -2.32. The molecule has 1 aliphatic rings. The van der Waals surface area contributed by atoms with Crippen LogP contribution in [0.5, 0.6) is 0 Å². The second-order valence-electron chi connectivity index (χ2n) is 3.70. The maximum Gasteiger partial charge on any atom is 0.101 e. The summed E-state index contributed by atoms with van der Waals surface area (Å²) < 4.78 is 0. The van der Waals surface area contributed by atoms with Gasteiger partial charge in [0.25, 0.3) is 0 Å².